The molecule has 0 amide bonds. The van der Waals surface area contributed by atoms with Gasteiger partial charge in [0.2, 0.25) is 0 Å². The zero-order chi connectivity index (χ0) is 13.3. The van der Waals surface area contributed by atoms with Gasteiger partial charge in [0, 0.05) is 44.2 Å². The first-order valence-electron chi connectivity index (χ1n) is 7.65. The van der Waals surface area contributed by atoms with E-state index < -0.39 is 0 Å². The van der Waals surface area contributed by atoms with Crippen LogP contribution in [0.1, 0.15) is 25.7 Å². The van der Waals surface area contributed by atoms with E-state index in [2.05, 4.69) is 10.2 Å². The highest BCUT2D eigenvalue weighted by Gasteiger charge is 2.16. The Morgan fingerprint density at radius 2 is 2.00 bits per heavy atom. The molecule has 0 bridgehead atoms. The summed E-state index contributed by atoms with van der Waals surface area (Å²) in [5, 5.41) is 13.2. The molecule has 0 spiro atoms. The van der Waals surface area contributed by atoms with Crippen LogP contribution in [0.15, 0.2) is 0 Å². The van der Waals surface area contributed by atoms with E-state index in [1.165, 1.54) is 50.3 Å². The summed E-state index contributed by atoms with van der Waals surface area (Å²) >= 11 is 2.04. The average Bonchev–Trinajstić information content (AvgIpc) is 2.96. The van der Waals surface area contributed by atoms with Gasteiger partial charge in [-0.3, -0.25) is 0 Å². The predicted octanol–water partition coefficient (Wildman–Crippen LogP) is 0.945. The average molecular weight is 288 g/mol. The SMILES string of the molecule is OC(CNCCN1CCSCC1)COC1CCCC1. The number of thioether (sulfide) groups is 1. The van der Waals surface area contributed by atoms with Crippen LogP contribution in [-0.4, -0.2) is 73.1 Å². The van der Waals surface area contributed by atoms with E-state index in [1.54, 1.807) is 0 Å². The second kappa shape index (κ2) is 9.19. The highest BCUT2D eigenvalue weighted by atomic mass is 32.2. The Morgan fingerprint density at radius 3 is 2.74 bits per heavy atom. The summed E-state index contributed by atoms with van der Waals surface area (Å²) < 4.78 is 5.71. The van der Waals surface area contributed by atoms with E-state index in [1.807, 2.05) is 11.8 Å². The van der Waals surface area contributed by atoms with Gasteiger partial charge in [-0.25, -0.2) is 0 Å². The first-order chi connectivity index (χ1) is 9.34. The molecule has 2 N–H and O–H groups in total. The molecule has 0 aromatic rings. The number of aliphatic hydroxyl groups excluding tert-OH is 1. The maximum atomic E-state index is 9.84. The van der Waals surface area contributed by atoms with Gasteiger partial charge in [-0.1, -0.05) is 12.8 Å². The number of nitrogens with one attached hydrogen (secondary N) is 1. The quantitative estimate of drug-likeness (QED) is 0.651. The van der Waals surface area contributed by atoms with Crippen molar-refractivity contribution in [1.29, 1.82) is 0 Å². The van der Waals surface area contributed by atoms with Crippen molar-refractivity contribution in [1.82, 2.24) is 10.2 Å². The lowest BCUT2D eigenvalue weighted by Crippen LogP contribution is -2.40. The lowest BCUT2D eigenvalue weighted by Gasteiger charge is -2.26. The van der Waals surface area contributed by atoms with Crippen molar-refractivity contribution in [2.45, 2.75) is 37.9 Å². The molecule has 2 aliphatic rings. The lowest BCUT2D eigenvalue weighted by atomic mass is 10.3. The molecule has 0 radical (unpaired) electrons. The maximum Gasteiger partial charge on any atom is 0.0897 e. The summed E-state index contributed by atoms with van der Waals surface area (Å²) in [6.45, 7) is 5.61. The molecule has 5 heteroatoms. The van der Waals surface area contributed by atoms with Gasteiger partial charge in [-0.05, 0) is 12.8 Å². The summed E-state index contributed by atoms with van der Waals surface area (Å²) in [5.74, 6) is 2.52. The molecule has 0 aromatic carbocycles. The summed E-state index contributed by atoms with van der Waals surface area (Å²) in [5.41, 5.74) is 0. The van der Waals surface area contributed by atoms with Gasteiger partial charge < -0.3 is 20.1 Å². The molecule has 4 nitrogen and oxygen atoms in total. The van der Waals surface area contributed by atoms with E-state index in [0.29, 0.717) is 19.3 Å². The predicted molar refractivity (Wildman–Crippen MR) is 80.8 cm³/mol. The van der Waals surface area contributed by atoms with Crippen molar-refractivity contribution < 1.29 is 9.84 Å². The third-order valence-electron chi connectivity index (χ3n) is 3.91. The minimum absolute atomic E-state index is 0.363. The minimum atomic E-state index is -0.363. The number of rotatable bonds is 8. The highest BCUT2D eigenvalue weighted by molar-refractivity contribution is 7.99. The van der Waals surface area contributed by atoms with Crippen LogP contribution in [0.3, 0.4) is 0 Å². The smallest absolute Gasteiger partial charge is 0.0897 e. The molecule has 2 rings (SSSR count). The fourth-order valence-corrected chi connectivity index (χ4v) is 3.67. The molecule has 1 heterocycles. The van der Waals surface area contributed by atoms with E-state index in [-0.39, 0.29) is 6.10 Å². The molecular weight excluding hydrogens is 260 g/mol. The Kier molecular flexibility index (Phi) is 7.53. The topological polar surface area (TPSA) is 44.7 Å². The normalized spacial score (nSPS) is 23.8. The second-order valence-corrected chi connectivity index (χ2v) is 6.78. The second-order valence-electron chi connectivity index (χ2n) is 5.55. The Labute approximate surface area is 121 Å². The van der Waals surface area contributed by atoms with Gasteiger partial charge in [0.05, 0.1) is 18.8 Å². The minimum Gasteiger partial charge on any atom is -0.389 e. The first-order valence-corrected chi connectivity index (χ1v) is 8.80. The fourth-order valence-electron chi connectivity index (χ4n) is 2.69. The van der Waals surface area contributed by atoms with Crippen LogP contribution in [0.4, 0.5) is 0 Å². The van der Waals surface area contributed by atoms with Gasteiger partial charge in [0.25, 0.3) is 0 Å². The van der Waals surface area contributed by atoms with E-state index in [0.717, 1.165) is 13.1 Å². The monoisotopic (exact) mass is 288 g/mol. The van der Waals surface area contributed by atoms with Crippen molar-refractivity contribution in [3.8, 4) is 0 Å². The van der Waals surface area contributed by atoms with Gasteiger partial charge >= 0.3 is 0 Å². The van der Waals surface area contributed by atoms with E-state index in [4.69, 9.17) is 4.74 Å². The number of hydrogen-bond donors (Lipinski definition) is 2. The maximum absolute atomic E-state index is 9.84. The summed E-state index contributed by atoms with van der Waals surface area (Å²) in [4.78, 5) is 2.49. The van der Waals surface area contributed by atoms with Crippen LogP contribution in [-0.2, 0) is 4.74 Å². The van der Waals surface area contributed by atoms with Gasteiger partial charge in [-0.2, -0.15) is 11.8 Å². The van der Waals surface area contributed by atoms with Crippen LogP contribution >= 0.6 is 11.8 Å². The van der Waals surface area contributed by atoms with Crippen LogP contribution in [0.25, 0.3) is 0 Å². The summed E-state index contributed by atoms with van der Waals surface area (Å²) in [6.07, 6.45) is 4.96. The van der Waals surface area contributed by atoms with Crippen molar-refractivity contribution in [3.05, 3.63) is 0 Å². The lowest BCUT2D eigenvalue weighted by molar-refractivity contribution is -0.00546. The Hall–Kier alpha value is 0.190. The molecule has 112 valence electrons. The van der Waals surface area contributed by atoms with E-state index >= 15 is 0 Å². The Bertz CT molecular complexity index is 231. The largest absolute Gasteiger partial charge is 0.389 e. The highest BCUT2D eigenvalue weighted by Crippen LogP contribution is 2.20. The first kappa shape index (κ1) is 15.6. The number of ether oxygens (including phenoxy) is 1. The van der Waals surface area contributed by atoms with Gasteiger partial charge in [0.1, 0.15) is 0 Å². The Morgan fingerprint density at radius 1 is 1.26 bits per heavy atom. The fraction of sp³-hybridized carbons (Fsp3) is 1.00. The molecule has 19 heavy (non-hydrogen) atoms. The van der Waals surface area contributed by atoms with Crippen LogP contribution < -0.4 is 5.32 Å². The van der Waals surface area contributed by atoms with Crippen molar-refractivity contribution in [3.63, 3.8) is 0 Å². The molecule has 1 saturated heterocycles. The third-order valence-corrected chi connectivity index (χ3v) is 4.86. The molecular formula is C14H28N2O2S. The molecule has 1 atom stereocenters. The standard InChI is InChI=1S/C14H28N2O2S/c17-13(12-18-14-3-1-2-4-14)11-15-5-6-16-7-9-19-10-8-16/h13-15,17H,1-12H2. The molecule has 1 saturated carbocycles. The zero-order valence-corrected chi connectivity index (χ0v) is 12.7. The molecule has 1 aliphatic heterocycles. The van der Waals surface area contributed by atoms with Crippen molar-refractivity contribution >= 4 is 11.8 Å². The third kappa shape index (κ3) is 6.45. The van der Waals surface area contributed by atoms with Gasteiger partial charge in [0.15, 0.2) is 0 Å². The summed E-state index contributed by atoms with van der Waals surface area (Å²) in [6, 6.07) is 0. The Balaban J connectivity index is 1.43. The van der Waals surface area contributed by atoms with E-state index in [9.17, 15) is 5.11 Å². The van der Waals surface area contributed by atoms with Crippen LogP contribution in [0, 0.1) is 0 Å². The molecule has 1 unspecified atom stereocenters. The van der Waals surface area contributed by atoms with Crippen molar-refractivity contribution in [2.75, 3.05) is 50.8 Å². The number of hydrogen-bond acceptors (Lipinski definition) is 5. The van der Waals surface area contributed by atoms with Crippen LogP contribution in [0.2, 0.25) is 0 Å². The van der Waals surface area contributed by atoms with Gasteiger partial charge in [-0.15, -0.1) is 0 Å². The molecule has 0 aromatic heterocycles. The molecule has 1 aliphatic carbocycles. The van der Waals surface area contributed by atoms with Crippen LogP contribution in [0.5, 0.6) is 0 Å². The number of aliphatic hydroxyl groups is 1. The zero-order valence-electron chi connectivity index (χ0n) is 11.9. The number of nitrogens with zero attached hydrogens (tertiary/aromatic N) is 1. The van der Waals surface area contributed by atoms with Crippen molar-refractivity contribution in [2.24, 2.45) is 0 Å². The molecule has 2 fully saturated rings. The summed E-state index contributed by atoms with van der Waals surface area (Å²) in [7, 11) is 0.